The number of pyridine rings is 1. The minimum absolute atomic E-state index is 0.226. The van der Waals surface area contributed by atoms with E-state index in [0.717, 1.165) is 11.1 Å². The molecule has 0 aliphatic rings. The molecule has 0 atom stereocenters. The Kier molecular flexibility index (Phi) is 3.57. The molecule has 0 radical (unpaired) electrons. The zero-order valence-electron chi connectivity index (χ0n) is 7.74. The maximum absolute atomic E-state index is 9.64. The highest BCUT2D eigenvalue weighted by Crippen LogP contribution is 2.25. The van der Waals surface area contributed by atoms with E-state index in [2.05, 4.69) is 17.6 Å². The second kappa shape index (κ2) is 4.48. The summed E-state index contributed by atoms with van der Waals surface area (Å²) < 4.78 is 4.98. The van der Waals surface area contributed by atoms with Gasteiger partial charge in [0.25, 0.3) is 0 Å². The quantitative estimate of drug-likeness (QED) is 0.728. The lowest BCUT2D eigenvalue weighted by Crippen LogP contribution is -1.98. The molecule has 0 bridgehead atoms. The van der Waals surface area contributed by atoms with Gasteiger partial charge in [0.05, 0.1) is 12.3 Å². The van der Waals surface area contributed by atoms with Gasteiger partial charge in [-0.2, -0.15) is 12.6 Å². The van der Waals surface area contributed by atoms with Crippen molar-refractivity contribution in [2.24, 2.45) is 0 Å². The molecule has 0 aliphatic carbocycles. The molecular weight excluding hydrogens is 186 g/mol. The van der Waals surface area contributed by atoms with Crippen LogP contribution in [-0.2, 0) is 17.1 Å². The van der Waals surface area contributed by atoms with Crippen LogP contribution in [0, 0.1) is 6.92 Å². The summed E-state index contributed by atoms with van der Waals surface area (Å²) in [7, 11) is 1.61. The highest BCUT2D eigenvalue weighted by Gasteiger charge is 2.09. The Morgan fingerprint density at radius 3 is 2.85 bits per heavy atom. The predicted molar refractivity (Wildman–Crippen MR) is 54.0 cm³/mol. The lowest BCUT2D eigenvalue weighted by Gasteiger charge is -2.09. The first-order valence-electron chi connectivity index (χ1n) is 3.96. The number of aryl methyl sites for hydroxylation is 1. The Bertz CT molecular complexity index is 302. The number of ether oxygens (including phenoxy) is 1. The SMILES string of the molecule is COCc1cnc(C)c(O)c1CS. The highest BCUT2D eigenvalue weighted by molar-refractivity contribution is 7.79. The van der Waals surface area contributed by atoms with E-state index in [9.17, 15) is 5.11 Å². The molecule has 1 aromatic rings. The van der Waals surface area contributed by atoms with Gasteiger partial charge < -0.3 is 9.84 Å². The van der Waals surface area contributed by atoms with Crippen molar-refractivity contribution in [3.8, 4) is 5.75 Å². The zero-order chi connectivity index (χ0) is 9.84. The Morgan fingerprint density at radius 2 is 2.31 bits per heavy atom. The first kappa shape index (κ1) is 10.3. The van der Waals surface area contributed by atoms with Gasteiger partial charge in [0, 0.05) is 30.2 Å². The second-order valence-corrected chi connectivity index (χ2v) is 3.10. The highest BCUT2D eigenvalue weighted by atomic mass is 32.1. The fraction of sp³-hybridized carbons (Fsp3) is 0.444. The lowest BCUT2D eigenvalue weighted by molar-refractivity contribution is 0.183. The summed E-state index contributed by atoms with van der Waals surface area (Å²) in [5.41, 5.74) is 2.32. The van der Waals surface area contributed by atoms with Crippen LogP contribution in [0.2, 0.25) is 0 Å². The number of methoxy groups -OCH3 is 1. The number of thiol groups is 1. The molecule has 0 spiro atoms. The molecule has 1 heterocycles. The molecule has 0 unspecified atom stereocenters. The average molecular weight is 199 g/mol. The van der Waals surface area contributed by atoms with Crippen LogP contribution in [0.5, 0.6) is 5.75 Å². The van der Waals surface area contributed by atoms with Crippen molar-refractivity contribution < 1.29 is 9.84 Å². The van der Waals surface area contributed by atoms with Crippen LogP contribution in [0.1, 0.15) is 16.8 Å². The third kappa shape index (κ3) is 2.14. The maximum atomic E-state index is 9.64. The molecule has 1 aromatic heterocycles. The number of aromatic hydroxyl groups is 1. The fourth-order valence-corrected chi connectivity index (χ4v) is 1.49. The van der Waals surface area contributed by atoms with Gasteiger partial charge in [-0.3, -0.25) is 4.98 Å². The molecule has 0 aliphatic heterocycles. The van der Waals surface area contributed by atoms with Crippen LogP contribution >= 0.6 is 12.6 Å². The first-order valence-corrected chi connectivity index (χ1v) is 4.60. The largest absolute Gasteiger partial charge is 0.506 e. The molecule has 72 valence electrons. The van der Waals surface area contributed by atoms with Crippen molar-refractivity contribution in [2.45, 2.75) is 19.3 Å². The summed E-state index contributed by atoms with van der Waals surface area (Å²) in [6.45, 7) is 2.22. The van der Waals surface area contributed by atoms with E-state index in [0.29, 0.717) is 18.1 Å². The lowest BCUT2D eigenvalue weighted by atomic mass is 10.1. The van der Waals surface area contributed by atoms with Gasteiger partial charge in [-0.15, -0.1) is 0 Å². The normalized spacial score (nSPS) is 10.4. The number of nitrogens with zero attached hydrogens (tertiary/aromatic N) is 1. The van der Waals surface area contributed by atoms with Crippen LogP contribution < -0.4 is 0 Å². The molecule has 1 rings (SSSR count). The van der Waals surface area contributed by atoms with Gasteiger partial charge >= 0.3 is 0 Å². The van der Waals surface area contributed by atoms with Gasteiger partial charge in [0.1, 0.15) is 5.75 Å². The second-order valence-electron chi connectivity index (χ2n) is 2.79. The summed E-state index contributed by atoms with van der Waals surface area (Å²) in [4.78, 5) is 4.04. The molecule has 0 saturated heterocycles. The third-order valence-corrected chi connectivity index (χ3v) is 2.20. The van der Waals surface area contributed by atoms with Crippen molar-refractivity contribution in [2.75, 3.05) is 7.11 Å². The van der Waals surface area contributed by atoms with Crippen molar-refractivity contribution in [1.82, 2.24) is 4.98 Å². The molecule has 0 fully saturated rings. The van der Waals surface area contributed by atoms with Gasteiger partial charge in [-0.1, -0.05) is 0 Å². The molecule has 13 heavy (non-hydrogen) atoms. The number of hydrogen-bond acceptors (Lipinski definition) is 4. The van der Waals surface area contributed by atoms with E-state index in [1.54, 1.807) is 20.2 Å². The Hall–Kier alpha value is -0.740. The van der Waals surface area contributed by atoms with Crippen LogP contribution in [0.25, 0.3) is 0 Å². The van der Waals surface area contributed by atoms with E-state index >= 15 is 0 Å². The van der Waals surface area contributed by atoms with Crippen LogP contribution in [0.15, 0.2) is 6.20 Å². The molecule has 0 amide bonds. The average Bonchev–Trinajstić information content (AvgIpc) is 2.12. The Labute approximate surface area is 83.2 Å². The Morgan fingerprint density at radius 1 is 1.62 bits per heavy atom. The van der Waals surface area contributed by atoms with Crippen LogP contribution in [0.3, 0.4) is 0 Å². The van der Waals surface area contributed by atoms with Crippen LogP contribution in [-0.4, -0.2) is 17.2 Å². The van der Waals surface area contributed by atoms with Gasteiger partial charge in [0.2, 0.25) is 0 Å². The summed E-state index contributed by atoms with van der Waals surface area (Å²) >= 11 is 4.15. The maximum Gasteiger partial charge on any atom is 0.141 e. The summed E-state index contributed by atoms with van der Waals surface area (Å²) in [5, 5.41) is 9.64. The van der Waals surface area contributed by atoms with Crippen molar-refractivity contribution in [3.63, 3.8) is 0 Å². The van der Waals surface area contributed by atoms with Crippen molar-refractivity contribution in [3.05, 3.63) is 23.0 Å². The summed E-state index contributed by atoms with van der Waals surface area (Å²) in [5.74, 6) is 0.720. The molecule has 0 saturated carbocycles. The topological polar surface area (TPSA) is 42.4 Å². The van der Waals surface area contributed by atoms with E-state index < -0.39 is 0 Å². The molecule has 1 N–H and O–H groups in total. The summed E-state index contributed by atoms with van der Waals surface area (Å²) in [6.07, 6.45) is 1.71. The van der Waals surface area contributed by atoms with Gasteiger partial charge in [-0.05, 0) is 6.92 Å². The van der Waals surface area contributed by atoms with Gasteiger partial charge in [0.15, 0.2) is 0 Å². The summed E-state index contributed by atoms with van der Waals surface area (Å²) in [6, 6.07) is 0. The molecule has 4 heteroatoms. The van der Waals surface area contributed by atoms with E-state index in [-0.39, 0.29) is 5.75 Å². The minimum atomic E-state index is 0.226. The minimum Gasteiger partial charge on any atom is -0.506 e. The molecular formula is C9H13NO2S. The molecule has 0 aromatic carbocycles. The van der Waals surface area contributed by atoms with Crippen molar-refractivity contribution in [1.29, 1.82) is 0 Å². The fourth-order valence-electron chi connectivity index (χ4n) is 1.14. The monoisotopic (exact) mass is 199 g/mol. The first-order chi connectivity index (χ1) is 6.20. The van der Waals surface area contributed by atoms with Gasteiger partial charge in [-0.25, -0.2) is 0 Å². The smallest absolute Gasteiger partial charge is 0.141 e. The van der Waals surface area contributed by atoms with E-state index in [1.807, 2.05) is 0 Å². The predicted octanol–water partition coefficient (Wildman–Crippen LogP) is 1.67. The standard InChI is InChI=1S/C9H13NO2S/c1-6-9(11)8(5-13)7(3-10-6)4-12-2/h3,11,13H,4-5H2,1-2H3. The van der Waals surface area contributed by atoms with E-state index in [4.69, 9.17) is 4.74 Å². The third-order valence-electron chi connectivity index (χ3n) is 1.89. The Balaban J connectivity index is 3.13. The van der Waals surface area contributed by atoms with Crippen molar-refractivity contribution >= 4 is 12.6 Å². The number of aromatic nitrogens is 1. The number of rotatable bonds is 3. The van der Waals surface area contributed by atoms with Crippen LogP contribution in [0.4, 0.5) is 0 Å². The number of hydrogen-bond donors (Lipinski definition) is 2. The molecule has 3 nitrogen and oxygen atoms in total. The zero-order valence-corrected chi connectivity index (χ0v) is 8.64. The van der Waals surface area contributed by atoms with E-state index in [1.165, 1.54) is 0 Å².